The van der Waals surface area contributed by atoms with E-state index in [0.29, 0.717) is 12.1 Å². The molecule has 1 unspecified atom stereocenters. The Morgan fingerprint density at radius 3 is 2.62 bits per heavy atom. The van der Waals surface area contributed by atoms with Crippen molar-refractivity contribution in [3.8, 4) is 5.69 Å². The molecule has 1 aromatic heterocycles. The van der Waals surface area contributed by atoms with Crippen LogP contribution in [0, 0.1) is 12.8 Å². The van der Waals surface area contributed by atoms with E-state index >= 15 is 0 Å². The monoisotopic (exact) mass is 351 g/mol. The van der Waals surface area contributed by atoms with Gasteiger partial charge in [0.1, 0.15) is 5.82 Å². The molecule has 0 aliphatic heterocycles. The molecule has 0 saturated carbocycles. The molecule has 2 N–H and O–H groups in total. The normalized spacial score (nSPS) is 12.1. The first-order valence-corrected chi connectivity index (χ1v) is 8.50. The van der Waals surface area contributed by atoms with Crippen molar-refractivity contribution in [2.45, 2.75) is 20.3 Å². The average molecular weight is 351 g/mol. The van der Waals surface area contributed by atoms with Crippen molar-refractivity contribution in [2.75, 3.05) is 6.54 Å². The molecule has 2 aromatic carbocycles. The van der Waals surface area contributed by atoms with Crippen LogP contribution in [-0.2, 0) is 4.79 Å². The van der Waals surface area contributed by atoms with Crippen LogP contribution in [0.4, 0.5) is 0 Å². The van der Waals surface area contributed by atoms with Gasteiger partial charge in [-0.15, -0.1) is 0 Å². The molecule has 26 heavy (non-hydrogen) atoms. The highest BCUT2D eigenvalue weighted by molar-refractivity contribution is 5.97. The predicted molar refractivity (Wildman–Crippen MR) is 99.6 cm³/mol. The topological polar surface area (TPSA) is 84.2 Å². The van der Waals surface area contributed by atoms with E-state index in [1.54, 1.807) is 19.1 Å². The first-order chi connectivity index (χ1) is 12.5. The minimum Gasteiger partial charge on any atom is -0.481 e. The maximum absolute atomic E-state index is 12.3. The van der Waals surface area contributed by atoms with Crippen LogP contribution in [-0.4, -0.2) is 33.1 Å². The van der Waals surface area contributed by atoms with Gasteiger partial charge in [0.05, 0.1) is 11.0 Å². The Kier molecular flexibility index (Phi) is 5.02. The zero-order chi connectivity index (χ0) is 18.7. The standard InChI is InChI=1S/C20H21N3O3/c1-13(10-19(24)25)12-21-20(26)15-8-9-18-17(11-15)22-14(2)23(18)16-6-4-3-5-7-16/h3-9,11,13H,10,12H2,1-2H3,(H,21,26)(H,24,25). The summed E-state index contributed by atoms with van der Waals surface area (Å²) < 4.78 is 2.05. The SMILES string of the molecule is Cc1nc2cc(C(=O)NCC(C)CC(=O)O)ccc2n1-c1ccccc1. The number of para-hydroxylation sites is 1. The van der Waals surface area contributed by atoms with Gasteiger partial charge < -0.3 is 10.4 Å². The van der Waals surface area contributed by atoms with Gasteiger partial charge in [-0.1, -0.05) is 25.1 Å². The zero-order valence-corrected chi connectivity index (χ0v) is 14.8. The summed E-state index contributed by atoms with van der Waals surface area (Å²) in [6, 6.07) is 15.3. The van der Waals surface area contributed by atoms with Gasteiger partial charge in [-0.05, 0) is 43.2 Å². The van der Waals surface area contributed by atoms with Gasteiger partial charge in [-0.2, -0.15) is 0 Å². The molecular weight excluding hydrogens is 330 g/mol. The fourth-order valence-corrected chi connectivity index (χ4v) is 2.98. The van der Waals surface area contributed by atoms with Crippen LogP contribution in [0.1, 0.15) is 29.5 Å². The lowest BCUT2D eigenvalue weighted by molar-refractivity contribution is -0.137. The predicted octanol–water partition coefficient (Wildman–Crippen LogP) is 3.17. The third-order valence-electron chi connectivity index (χ3n) is 4.23. The number of aromatic nitrogens is 2. The zero-order valence-electron chi connectivity index (χ0n) is 14.8. The highest BCUT2D eigenvalue weighted by atomic mass is 16.4. The van der Waals surface area contributed by atoms with Crippen molar-refractivity contribution in [1.29, 1.82) is 0 Å². The van der Waals surface area contributed by atoms with E-state index in [1.165, 1.54) is 0 Å². The first kappa shape index (κ1) is 17.7. The number of imidazole rings is 1. The third-order valence-corrected chi connectivity index (χ3v) is 4.23. The number of carboxylic acids is 1. The van der Waals surface area contributed by atoms with Crippen LogP contribution >= 0.6 is 0 Å². The molecule has 6 heteroatoms. The Bertz CT molecular complexity index is 948. The van der Waals surface area contributed by atoms with Crippen molar-refractivity contribution in [3.63, 3.8) is 0 Å². The molecule has 0 saturated heterocycles. The van der Waals surface area contributed by atoms with Crippen molar-refractivity contribution >= 4 is 22.9 Å². The van der Waals surface area contributed by atoms with E-state index < -0.39 is 5.97 Å². The lowest BCUT2D eigenvalue weighted by atomic mass is 10.1. The van der Waals surface area contributed by atoms with Crippen molar-refractivity contribution < 1.29 is 14.7 Å². The molecule has 0 fully saturated rings. The van der Waals surface area contributed by atoms with Crippen LogP contribution in [0.15, 0.2) is 48.5 Å². The molecule has 3 aromatic rings. The number of carbonyl (C=O) groups is 2. The maximum atomic E-state index is 12.3. The van der Waals surface area contributed by atoms with Gasteiger partial charge in [0, 0.05) is 24.2 Å². The van der Waals surface area contributed by atoms with Crippen molar-refractivity contribution in [3.05, 3.63) is 59.9 Å². The van der Waals surface area contributed by atoms with Gasteiger partial charge in [0.15, 0.2) is 0 Å². The van der Waals surface area contributed by atoms with E-state index in [4.69, 9.17) is 5.11 Å². The number of rotatable bonds is 6. The van der Waals surface area contributed by atoms with E-state index in [9.17, 15) is 9.59 Å². The van der Waals surface area contributed by atoms with Crippen LogP contribution in [0.3, 0.4) is 0 Å². The third kappa shape index (κ3) is 3.74. The summed E-state index contributed by atoms with van der Waals surface area (Å²) in [7, 11) is 0. The van der Waals surface area contributed by atoms with Gasteiger partial charge >= 0.3 is 5.97 Å². The Morgan fingerprint density at radius 2 is 1.92 bits per heavy atom. The second-order valence-corrected chi connectivity index (χ2v) is 6.45. The molecule has 0 radical (unpaired) electrons. The highest BCUT2D eigenvalue weighted by Crippen LogP contribution is 2.22. The van der Waals surface area contributed by atoms with E-state index in [-0.39, 0.29) is 18.2 Å². The van der Waals surface area contributed by atoms with Gasteiger partial charge in [0.2, 0.25) is 0 Å². The molecule has 0 aliphatic rings. The summed E-state index contributed by atoms with van der Waals surface area (Å²) >= 11 is 0. The molecular formula is C20H21N3O3. The second kappa shape index (κ2) is 7.39. The molecule has 0 bridgehead atoms. The van der Waals surface area contributed by atoms with Gasteiger partial charge in [-0.3, -0.25) is 14.2 Å². The Hall–Kier alpha value is -3.15. The van der Waals surface area contributed by atoms with Gasteiger partial charge in [-0.25, -0.2) is 4.98 Å². The number of fused-ring (bicyclic) bond motifs is 1. The highest BCUT2D eigenvalue weighted by Gasteiger charge is 2.14. The molecule has 1 heterocycles. The quantitative estimate of drug-likeness (QED) is 0.714. The number of hydrogen-bond donors (Lipinski definition) is 2. The molecule has 6 nitrogen and oxygen atoms in total. The number of carboxylic acid groups (broad SMARTS) is 1. The Morgan fingerprint density at radius 1 is 1.19 bits per heavy atom. The van der Waals surface area contributed by atoms with Crippen LogP contribution in [0.5, 0.6) is 0 Å². The van der Waals surface area contributed by atoms with E-state index in [2.05, 4.69) is 10.3 Å². The largest absolute Gasteiger partial charge is 0.481 e. The molecule has 134 valence electrons. The minimum absolute atomic E-state index is 0.0278. The Balaban J connectivity index is 1.82. The molecule has 0 aliphatic carbocycles. The number of benzene rings is 2. The van der Waals surface area contributed by atoms with E-state index in [0.717, 1.165) is 22.5 Å². The van der Waals surface area contributed by atoms with Crippen LogP contribution in [0.2, 0.25) is 0 Å². The fourth-order valence-electron chi connectivity index (χ4n) is 2.98. The summed E-state index contributed by atoms with van der Waals surface area (Å²) in [4.78, 5) is 27.6. The van der Waals surface area contributed by atoms with Crippen LogP contribution in [0.25, 0.3) is 16.7 Å². The summed E-state index contributed by atoms with van der Waals surface area (Å²) in [6.07, 6.45) is 0.0278. The smallest absolute Gasteiger partial charge is 0.303 e. The number of aliphatic carboxylic acids is 1. The minimum atomic E-state index is -0.866. The number of nitrogens with zero attached hydrogens (tertiary/aromatic N) is 2. The molecule has 1 amide bonds. The number of aryl methyl sites for hydroxylation is 1. The maximum Gasteiger partial charge on any atom is 0.303 e. The molecule has 1 atom stereocenters. The summed E-state index contributed by atoms with van der Waals surface area (Å²) in [5.74, 6) is -0.371. The Labute approximate surface area is 151 Å². The van der Waals surface area contributed by atoms with Crippen LogP contribution < -0.4 is 5.32 Å². The number of nitrogens with one attached hydrogen (secondary N) is 1. The first-order valence-electron chi connectivity index (χ1n) is 8.50. The number of carbonyl (C=O) groups excluding carboxylic acids is 1. The average Bonchev–Trinajstić information content (AvgIpc) is 2.94. The second-order valence-electron chi connectivity index (χ2n) is 6.45. The van der Waals surface area contributed by atoms with E-state index in [1.807, 2.05) is 47.9 Å². The molecule has 0 spiro atoms. The molecule has 3 rings (SSSR count). The summed E-state index contributed by atoms with van der Waals surface area (Å²) in [6.45, 7) is 4.05. The van der Waals surface area contributed by atoms with Gasteiger partial charge in [0.25, 0.3) is 5.91 Å². The van der Waals surface area contributed by atoms with Crippen molar-refractivity contribution in [2.24, 2.45) is 5.92 Å². The lowest BCUT2D eigenvalue weighted by Gasteiger charge is -2.10. The number of hydrogen-bond acceptors (Lipinski definition) is 3. The lowest BCUT2D eigenvalue weighted by Crippen LogP contribution is -2.29. The fraction of sp³-hybridized carbons (Fsp3) is 0.250. The number of amides is 1. The van der Waals surface area contributed by atoms with Crippen molar-refractivity contribution in [1.82, 2.24) is 14.9 Å². The summed E-state index contributed by atoms with van der Waals surface area (Å²) in [5.41, 5.74) is 3.21. The summed E-state index contributed by atoms with van der Waals surface area (Å²) in [5, 5.41) is 11.6.